The van der Waals surface area contributed by atoms with Crippen LogP contribution in [-0.2, 0) is 9.47 Å². The largest absolute Gasteiger partial charge is 0.508 e. The second-order valence-electron chi connectivity index (χ2n) is 5.53. The van der Waals surface area contributed by atoms with Gasteiger partial charge in [0.25, 0.3) is 0 Å². The van der Waals surface area contributed by atoms with Gasteiger partial charge in [0, 0.05) is 12.0 Å². The van der Waals surface area contributed by atoms with Gasteiger partial charge < -0.3 is 19.3 Å². The van der Waals surface area contributed by atoms with Gasteiger partial charge in [-0.25, -0.2) is 4.79 Å². The predicted molar refractivity (Wildman–Crippen MR) is 85.2 cm³/mol. The quantitative estimate of drug-likeness (QED) is 0.686. The Hall–Kier alpha value is -2.19. The molecule has 2 atom stereocenters. The van der Waals surface area contributed by atoms with Crippen molar-refractivity contribution in [1.82, 2.24) is 0 Å². The number of benzene rings is 1. The number of aliphatic hydroxyl groups is 1. The smallest absolute Gasteiger partial charge is 0.497 e. The molecule has 1 N–H and O–H groups in total. The Bertz CT molecular complexity index is 601. The molecule has 23 heavy (non-hydrogen) atoms. The first-order chi connectivity index (χ1) is 11.0. The molecule has 0 aliphatic heterocycles. The number of ether oxygens (including phenoxy) is 3. The monoisotopic (exact) mass is 318 g/mol. The first-order valence-corrected chi connectivity index (χ1v) is 7.77. The van der Waals surface area contributed by atoms with Gasteiger partial charge in [-0.15, -0.1) is 0 Å². The zero-order valence-electron chi connectivity index (χ0n) is 13.5. The molecule has 0 amide bonds. The molecular weight excluding hydrogens is 296 g/mol. The highest BCUT2D eigenvalue weighted by Gasteiger charge is 2.35. The highest BCUT2D eigenvalue weighted by Crippen LogP contribution is 2.30. The second-order valence-corrected chi connectivity index (χ2v) is 5.53. The van der Waals surface area contributed by atoms with Gasteiger partial charge in [-0.2, -0.15) is 0 Å². The third kappa shape index (κ3) is 5.19. The summed E-state index contributed by atoms with van der Waals surface area (Å²) < 4.78 is 15.1. The van der Waals surface area contributed by atoms with Gasteiger partial charge in [-0.1, -0.05) is 17.9 Å². The Balaban J connectivity index is 2.03. The number of methoxy groups -OCH3 is 1. The summed E-state index contributed by atoms with van der Waals surface area (Å²) in [5, 5.41) is 10.6. The summed E-state index contributed by atoms with van der Waals surface area (Å²) in [5.74, 6) is 6.61. The minimum absolute atomic E-state index is 0.269. The molecule has 0 spiro atoms. The molecule has 1 aliphatic rings. The first kappa shape index (κ1) is 17.2. The van der Waals surface area contributed by atoms with Crippen molar-refractivity contribution in [2.24, 2.45) is 0 Å². The molecule has 1 fully saturated rings. The van der Waals surface area contributed by atoms with Gasteiger partial charge in [0.2, 0.25) is 0 Å². The summed E-state index contributed by atoms with van der Waals surface area (Å²) >= 11 is 0. The molecule has 124 valence electrons. The molecule has 5 heteroatoms. The van der Waals surface area contributed by atoms with E-state index in [-0.39, 0.29) is 12.7 Å². The minimum atomic E-state index is -1.15. The van der Waals surface area contributed by atoms with E-state index < -0.39 is 11.8 Å². The summed E-state index contributed by atoms with van der Waals surface area (Å²) in [5.41, 5.74) is -0.385. The molecule has 2 rings (SSSR count). The molecule has 0 heterocycles. The maximum absolute atomic E-state index is 11.4. The average Bonchev–Trinajstić information content (AvgIpc) is 2.53. The summed E-state index contributed by atoms with van der Waals surface area (Å²) in [6.07, 6.45) is 1.25. The molecule has 0 saturated heterocycles. The van der Waals surface area contributed by atoms with Crippen molar-refractivity contribution in [1.29, 1.82) is 0 Å². The lowest BCUT2D eigenvalue weighted by atomic mass is 9.83. The Morgan fingerprint density at radius 1 is 1.48 bits per heavy atom. The van der Waals surface area contributed by atoms with Gasteiger partial charge in [0.1, 0.15) is 17.5 Å². The van der Waals surface area contributed by atoms with E-state index in [1.165, 1.54) is 0 Å². The van der Waals surface area contributed by atoms with Crippen molar-refractivity contribution < 1.29 is 24.1 Å². The maximum Gasteiger partial charge on any atom is 0.508 e. The molecule has 2 unspecified atom stereocenters. The van der Waals surface area contributed by atoms with Gasteiger partial charge in [0.05, 0.1) is 13.7 Å². The zero-order chi connectivity index (χ0) is 16.7. The Labute approximate surface area is 136 Å². The molecule has 0 radical (unpaired) electrons. The van der Waals surface area contributed by atoms with E-state index >= 15 is 0 Å². The van der Waals surface area contributed by atoms with Gasteiger partial charge >= 0.3 is 6.16 Å². The van der Waals surface area contributed by atoms with Crippen molar-refractivity contribution in [2.45, 2.75) is 44.3 Å². The molecule has 0 aromatic heterocycles. The number of carbonyl (C=O) groups is 1. The summed E-state index contributed by atoms with van der Waals surface area (Å²) in [7, 11) is 1.60. The van der Waals surface area contributed by atoms with E-state index in [0.717, 1.165) is 17.7 Å². The van der Waals surface area contributed by atoms with Crippen molar-refractivity contribution in [3.63, 3.8) is 0 Å². The van der Waals surface area contributed by atoms with E-state index in [4.69, 9.17) is 14.2 Å². The third-order valence-corrected chi connectivity index (χ3v) is 3.72. The van der Waals surface area contributed by atoms with Crippen molar-refractivity contribution >= 4 is 6.16 Å². The van der Waals surface area contributed by atoms with Gasteiger partial charge in [-0.3, -0.25) is 0 Å². The fourth-order valence-corrected chi connectivity index (χ4v) is 2.59. The summed E-state index contributed by atoms with van der Waals surface area (Å²) in [6.45, 7) is 1.99. The van der Waals surface area contributed by atoms with Crippen LogP contribution in [0.1, 0.15) is 38.2 Å². The Morgan fingerprint density at radius 3 is 3.04 bits per heavy atom. The third-order valence-electron chi connectivity index (χ3n) is 3.72. The van der Waals surface area contributed by atoms with Crippen LogP contribution < -0.4 is 4.74 Å². The normalized spacial score (nSPS) is 23.3. The van der Waals surface area contributed by atoms with Crippen LogP contribution >= 0.6 is 0 Å². The van der Waals surface area contributed by atoms with E-state index in [0.29, 0.717) is 19.3 Å². The van der Waals surface area contributed by atoms with Gasteiger partial charge in [-0.05, 0) is 44.4 Å². The topological polar surface area (TPSA) is 65.0 Å². The van der Waals surface area contributed by atoms with Crippen molar-refractivity contribution in [3.8, 4) is 17.6 Å². The SMILES string of the molecule is CCOC(=O)OC1CCCC(O)(C#Cc2cccc(OC)c2)C1. The fraction of sp³-hybridized carbons (Fsp3) is 0.500. The lowest BCUT2D eigenvalue weighted by Crippen LogP contribution is -2.38. The van der Waals surface area contributed by atoms with E-state index in [1.807, 2.05) is 24.3 Å². The predicted octanol–water partition coefficient (Wildman–Crippen LogP) is 2.89. The lowest BCUT2D eigenvalue weighted by molar-refractivity contribution is -0.0353. The van der Waals surface area contributed by atoms with Crippen LogP contribution in [0.3, 0.4) is 0 Å². The van der Waals surface area contributed by atoms with Crippen LogP contribution in [0.5, 0.6) is 5.75 Å². The maximum atomic E-state index is 11.4. The summed E-state index contributed by atoms with van der Waals surface area (Å²) in [6, 6.07) is 7.35. The number of hydrogen-bond donors (Lipinski definition) is 1. The zero-order valence-corrected chi connectivity index (χ0v) is 13.5. The van der Waals surface area contributed by atoms with Crippen LogP contribution in [0.4, 0.5) is 4.79 Å². The molecule has 1 saturated carbocycles. The summed E-state index contributed by atoms with van der Waals surface area (Å²) in [4.78, 5) is 11.4. The Morgan fingerprint density at radius 2 is 2.30 bits per heavy atom. The average molecular weight is 318 g/mol. The number of rotatable bonds is 3. The molecule has 1 aliphatic carbocycles. The number of hydrogen-bond acceptors (Lipinski definition) is 5. The molecule has 1 aromatic carbocycles. The van der Waals surface area contributed by atoms with E-state index in [9.17, 15) is 9.90 Å². The first-order valence-electron chi connectivity index (χ1n) is 7.77. The number of carbonyl (C=O) groups excluding carboxylic acids is 1. The van der Waals surface area contributed by atoms with Crippen LogP contribution in [0.2, 0.25) is 0 Å². The van der Waals surface area contributed by atoms with Crippen molar-refractivity contribution in [3.05, 3.63) is 29.8 Å². The van der Waals surface area contributed by atoms with Crippen LogP contribution in [0.25, 0.3) is 0 Å². The van der Waals surface area contributed by atoms with Gasteiger partial charge in [0.15, 0.2) is 0 Å². The standard InChI is InChI=1S/C18H22O5/c1-3-22-17(19)23-16-8-5-10-18(20,13-16)11-9-14-6-4-7-15(12-14)21-2/h4,6-7,12,16,20H,3,5,8,10,13H2,1-2H3. The lowest BCUT2D eigenvalue weighted by Gasteiger charge is -2.32. The van der Waals surface area contributed by atoms with E-state index in [1.54, 1.807) is 14.0 Å². The van der Waals surface area contributed by atoms with Crippen LogP contribution in [0.15, 0.2) is 24.3 Å². The molecule has 5 nitrogen and oxygen atoms in total. The highest BCUT2D eigenvalue weighted by atomic mass is 16.7. The van der Waals surface area contributed by atoms with Crippen LogP contribution in [0, 0.1) is 11.8 Å². The minimum Gasteiger partial charge on any atom is -0.497 e. The molecule has 1 aromatic rings. The second kappa shape index (κ2) is 7.89. The highest BCUT2D eigenvalue weighted by molar-refractivity contribution is 5.60. The van der Waals surface area contributed by atoms with Crippen molar-refractivity contribution in [2.75, 3.05) is 13.7 Å². The fourth-order valence-electron chi connectivity index (χ4n) is 2.59. The van der Waals surface area contributed by atoms with E-state index in [2.05, 4.69) is 11.8 Å². The Kier molecular flexibility index (Phi) is 5.89. The molecule has 0 bridgehead atoms. The molecular formula is C18H22O5. The van der Waals surface area contributed by atoms with Crippen LogP contribution in [-0.4, -0.2) is 36.7 Å².